The van der Waals surface area contributed by atoms with Gasteiger partial charge in [-0.3, -0.25) is 9.69 Å². The first-order valence-corrected chi connectivity index (χ1v) is 10.8. The van der Waals surface area contributed by atoms with E-state index in [0.29, 0.717) is 11.7 Å². The van der Waals surface area contributed by atoms with Gasteiger partial charge in [0.25, 0.3) is 5.91 Å². The quantitative estimate of drug-likeness (QED) is 0.582. The number of halogens is 1. The number of benzene rings is 1. The zero-order valence-electron chi connectivity index (χ0n) is 15.7. The molecule has 0 saturated carbocycles. The molecule has 0 atom stereocenters. The maximum Gasteiger partial charge on any atom is 0.271 e. The van der Waals surface area contributed by atoms with Gasteiger partial charge in [-0.25, -0.2) is 9.97 Å². The maximum atomic E-state index is 12.4. The first-order valence-electron chi connectivity index (χ1n) is 9.20. The van der Waals surface area contributed by atoms with E-state index in [1.165, 1.54) is 49.5 Å². The van der Waals surface area contributed by atoms with Crippen LogP contribution in [0.5, 0.6) is 0 Å². The number of carbonyl (C=O) groups excluding carboxylic acids is 1. The molecule has 0 bridgehead atoms. The van der Waals surface area contributed by atoms with Crippen LogP contribution in [0.2, 0.25) is 5.02 Å². The second-order valence-electron chi connectivity index (χ2n) is 7.01. The molecule has 0 radical (unpaired) electrons. The lowest BCUT2D eigenvalue weighted by atomic mass is 9.99. The number of carbonyl (C=O) groups is 1. The van der Waals surface area contributed by atoms with Gasteiger partial charge < -0.3 is 5.32 Å². The third-order valence-electron chi connectivity index (χ3n) is 4.88. The van der Waals surface area contributed by atoms with Crippen LogP contribution in [0.1, 0.15) is 41.4 Å². The van der Waals surface area contributed by atoms with E-state index in [4.69, 9.17) is 11.6 Å². The van der Waals surface area contributed by atoms with E-state index in [1.54, 1.807) is 0 Å². The molecule has 3 rings (SSSR count). The van der Waals surface area contributed by atoms with Gasteiger partial charge in [0.15, 0.2) is 10.9 Å². The van der Waals surface area contributed by atoms with Gasteiger partial charge >= 0.3 is 0 Å². The van der Waals surface area contributed by atoms with Crippen molar-refractivity contribution in [3.05, 3.63) is 52.3 Å². The fraction of sp³-hybridized carbons (Fsp3) is 0.450. The molecule has 1 fully saturated rings. The molecule has 1 aliphatic rings. The van der Waals surface area contributed by atoms with Crippen LogP contribution in [0, 0.1) is 5.92 Å². The SMILES string of the molecule is CSc1ncc(Cl)c(C(=O)NCc2ccc(CN3CCC(C)CC3)cc2)n1. The molecule has 27 heavy (non-hydrogen) atoms. The minimum Gasteiger partial charge on any atom is -0.347 e. The van der Waals surface area contributed by atoms with Crippen molar-refractivity contribution >= 4 is 29.3 Å². The lowest BCUT2D eigenvalue weighted by Gasteiger charge is -2.30. The van der Waals surface area contributed by atoms with Gasteiger partial charge in [0, 0.05) is 13.1 Å². The van der Waals surface area contributed by atoms with Crippen LogP contribution in [0.4, 0.5) is 0 Å². The number of nitrogens with one attached hydrogen (secondary N) is 1. The average Bonchev–Trinajstić information content (AvgIpc) is 2.69. The van der Waals surface area contributed by atoms with Crippen molar-refractivity contribution < 1.29 is 4.79 Å². The lowest BCUT2D eigenvalue weighted by Crippen LogP contribution is -2.32. The van der Waals surface area contributed by atoms with E-state index < -0.39 is 0 Å². The maximum absolute atomic E-state index is 12.4. The van der Waals surface area contributed by atoms with E-state index in [9.17, 15) is 4.79 Å². The normalized spacial score (nSPS) is 15.7. The molecule has 1 aromatic heterocycles. The summed E-state index contributed by atoms with van der Waals surface area (Å²) < 4.78 is 0. The summed E-state index contributed by atoms with van der Waals surface area (Å²) in [5, 5.41) is 3.67. The van der Waals surface area contributed by atoms with Crippen LogP contribution >= 0.6 is 23.4 Å². The highest BCUT2D eigenvalue weighted by atomic mass is 35.5. The summed E-state index contributed by atoms with van der Waals surface area (Å²) in [4.78, 5) is 23.1. The summed E-state index contributed by atoms with van der Waals surface area (Å²) in [6, 6.07) is 8.42. The highest BCUT2D eigenvalue weighted by Gasteiger charge is 2.16. The molecule has 144 valence electrons. The lowest BCUT2D eigenvalue weighted by molar-refractivity contribution is 0.0945. The predicted octanol–water partition coefficient (Wildman–Crippen LogP) is 4.01. The molecule has 0 aliphatic carbocycles. The zero-order valence-corrected chi connectivity index (χ0v) is 17.3. The minimum absolute atomic E-state index is 0.215. The zero-order chi connectivity index (χ0) is 19.2. The summed E-state index contributed by atoms with van der Waals surface area (Å²) in [7, 11) is 0. The van der Waals surface area contributed by atoms with E-state index in [0.717, 1.165) is 18.0 Å². The summed E-state index contributed by atoms with van der Waals surface area (Å²) >= 11 is 7.43. The number of hydrogen-bond acceptors (Lipinski definition) is 5. The molecule has 1 N–H and O–H groups in total. The van der Waals surface area contributed by atoms with Crippen molar-refractivity contribution in [1.82, 2.24) is 20.2 Å². The van der Waals surface area contributed by atoms with Crippen molar-refractivity contribution in [3.63, 3.8) is 0 Å². The van der Waals surface area contributed by atoms with E-state index >= 15 is 0 Å². The summed E-state index contributed by atoms with van der Waals surface area (Å²) in [5.74, 6) is 0.562. The highest BCUT2D eigenvalue weighted by Crippen LogP contribution is 2.19. The van der Waals surface area contributed by atoms with Crippen molar-refractivity contribution in [2.24, 2.45) is 5.92 Å². The van der Waals surface area contributed by atoms with Gasteiger partial charge in [0.2, 0.25) is 0 Å². The largest absolute Gasteiger partial charge is 0.347 e. The van der Waals surface area contributed by atoms with Gasteiger partial charge in [-0.2, -0.15) is 0 Å². The topological polar surface area (TPSA) is 58.1 Å². The average molecular weight is 405 g/mol. The van der Waals surface area contributed by atoms with Crippen LogP contribution in [-0.4, -0.2) is 40.1 Å². The molecule has 1 aliphatic heterocycles. The van der Waals surface area contributed by atoms with E-state index in [-0.39, 0.29) is 16.6 Å². The Balaban J connectivity index is 1.53. The second kappa shape index (κ2) is 9.53. The second-order valence-corrected chi connectivity index (χ2v) is 8.19. The van der Waals surface area contributed by atoms with Crippen molar-refractivity contribution in [2.45, 2.75) is 38.0 Å². The van der Waals surface area contributed by atoms with Crippen LogP contribution < -0.4 is 5.32 Å². The van der Waals surface area contributed by atoms with Crippen LogP contribution in [0.25, 0.3) is 0 Å². The fourth-order valence-corrected chi connectivity index (χ4v) is 3.63. The molecular weight excluding hydrogens is 380 g/mol. The molecule has 0 unspecified atom stereocenters. The molecule has 7 heteroatoms. The predicted molar refractivity (Wildman–Crippen MR) is 110 cm³/mol. The minimum atomic E-state index is -0.288. The fourth-order valence-electron chi connectivity index (χ4n) is 3.12. The molecule has 1 saturated heterocycles. The molecule has 1 aromatic carbocycles. The molecule has 0 spiro atoms. The van der Waals surface area contributed by atoms with Gasteiger partial charge in [-0.1, -0.05) is 54.6 Å². The van der Waals surface area contributed by atoms with Crippen molar-refractivity contribution in [1.29, 1.82) is 0 Å². The van der Waals surface area contributed by atoms with Gasteiger partial charge in [-0.05, 0) is 49.2 Å². The first-order chi connectivity index (χ1) is 13.0. The number of likely N-dealkylation sites (tertiary alicyclic amines) is 1. The third kappa shape index (κ3) is 5.67. The smallest absolute Gasteiger partial charge is 0.271 e. The third-order valence-corrected chi connectivity index (χ3v) is 5.72. The van der Waals surface area contributed by atoms with E-state index in [1.807, 2.05) is 6.26 Å². The number of rotatable bonds is 6. The molecule has 1 amide bonds. The number of aromatic nitrogens is 2. The highest BCUT2D eigenvalue weighted by molar-refractivity contribution is 7.98. The number of thioether (sulfide) groups is 1. The number of amides is 1. The van der Waals surface area contributed by atoms with Crippen LogP contribution in [-0.2, 0) is 13.1 Å². The Morgan fingerprint density at radius 3 is 2.59 bits per heavy atom. The molecule has 2 aromatic rings. The van der Waals surface area contributed by atoms with E-state index in [2.05, 4.69) is 51.4 Å². The Bertz CT molecular complexity index is 776. The van der Waals surface area contributed by atoms with Crippen LogP contribution in [0.15, 0.2) is 35.6 Å². The summed E-state index contributed by atoms with van der Waals surface area (Å²) in [6.07, 6.45) is 5.89. The van der Waals surface area contributed by atoms with Gasteiger partial charge in [0.05, 0.1) is 11.2 Å². The number of hydrogen-bond donors (Lipinski definition) is 1. The number of piperidine rings is 1. The summed E-state index contributed by atoms with van der Waals surface area (Å²) in [5.41, 5.74) is 2.57. The Labute approximate surface area is 169 Å². The van der Waals surface area contributed by atoms with Crippen molar-refractivity contribution in [3.8, 4) is 0 Å². The standard InChI is InChI=1S/C20H25ClN4OS/c1-14-7-9-25(10-8-14)13-16-5-3-15(4-6-16)11-22-19(26)18-17(21)12-23-20(24-18)27-2/h3-6,12,14H,7-11,13H2,1-2H3,(H,22,26). The Hall–Kier alpha value is -1.63. The van der Waals surface area contributed by atoms with Gasteiger partial charge in [-0.15, -0.1) is 0 Å². The van der Waals surface area contributed by atoms with Crippen LogP contribution in [0.3, 0.4) is 0 Å². The Kier molecular flexibility index (Phi) is 7.10. The Morgan fingerprint density at radius 2 is 1.93 bits per heavy atom. The molecular formula is C20H25ClN4OS. The monoisotopic (exact) mass is 404 g/mol. The Morgan fingerprint density at radius 1 is 1.26 bits per heavy atom. The number of nitrogens with zero attached hydrogens (tertiary/aromatic N) is 3. The van der Waals surface area contributed by atoms with Gasteiger partial charge in [0.1, 0.15) is 0 Å². The summed E-state index contributed by atoms with van der Waals surface area (Å²) in [6.45, 7) is 6.12. The van der Waals surface area contributed by atoms with Crippen molar-refractivity contribution in [2.75, 3.05) is 19.3 Å². The first kappa shape index (κ1) is 20.1. The molecule has 2 heterocycles. The molecule has 5 nitrogen and oxygen atoms in total.